The second-order valence-electron chi connectivity index (χ2n) is 12.4. The lowest BCUT2D eigenvalue weighted by Crippen LogP contribution is -2.35. The Morgan fingerprint density at radius 1 is 1.08 bits per heavy atom. The first-order valence-corrected chi connectivity index (χ1v) is 17.3. The summed E-state index contributed by atoms with van der Waals surface area (Å²) >= 11 is 14.0. The van der Waals surface area contributed by atoms with E-state index < -0.39 is 17.8 Å². The predicted molar refractivity (Wildman–Crippen MR) is 196 cm³/mol. The molecule has 0 saturated carbocycles. The number of halogens is 3. The van der Waals surface area contributed by atoms with Crippen LogP contribution in [0.2, 0.25) is 10.0 Å². The molecule has 1 unspecified atom stereocenters. The number of hydrogen-bond acceptors (Lipinski definition) is 9. The third-order valence-corrected chi connectivity index (χ3v) is 9.60. The van der Waals surface area contributed by atoms with E-state index in [4.69, 9.17) is 33.7 Å². The summed E-state index contributed by atoms with van der Waals surface area (Å²) in [7, 11) is 1.42. The van der Waals surface area contributed by atoms with Crippen LogP contribution < -0.4 is 32.0 Å². The number of nitrogens with two attached hydrogens (primary N) is 1. The molecule has 0 radical (unpaired) electrons. The summed E-state index contributed by atoms with van der Waals surface area (Å²) in [5, 5.41) is 19.6. The van der Waals surface area contributed by atoms with Gasteiger partial charge in [0.15, 0.2) is 0 Å². The highest BCUT2D eigenvalue weighted by molar-refractivity contribution is 6.39. The molecule has 1 saturated heterocycles. The van der Waals surface area contributed by atoms with Gasteiger partial charge in [0.25, 0.3) is 5.56 Å². The van der Waals surface area contributed by atoms with E-state index in [1.165, 1.54) is 23.8 Å². The summed E-state index contributed by atoms with van der Waals surface area (Å²) in [5.41, 5.74) is 9.22. The van der Waals surface area contributed by atoms with Crippen LogP contribution in [0.1, 0.15) is 30.4 Å². The van der Waals surface area contributed by atoms with Crippen molar-refractivity contribution in [3.63, 3.8) is 0 Å². The number of nitrogens with one attached hydrogen (secondary N) is 3. The Morgan fingerprint density at radius 2 is 1.79 bits per heavy atom. The van der Waals surface area contributed by atoms with E-state index in [0.29, 0.717) is 62.0 Å². The van der Waals surface area contributed by atoms with Crippen LogP contribution in [-0.4, -0.2) is 63.6 Å². The summed E-state index contributed by atoms with van der Waals surface area (Å²) in [6, 6.07) is 15.7. The van der Waals surface area contributed by atoms with Crippen molar-refractivity contribution in [1.29, 1.82) is 0 Å². The van der Waals surface area contributed by atoms with E-state index in [-0.39, 0.29) is 60.7 Å². The molecule has 2 amide bonds. The monoisotopic (exact) mass is 747 g/mol. The van der Waals surface area contributed by atoms with Gasteiger partial charge in [-0.25, -0.2) is 14.4 Å². The quantitative estimate of drug-likeness (QED) is 0.111. The summed E-state index contributed by atoms with van der Waals surface area (Å²) in [6.07, 6.45) is 3.13. The van der Waals surface area contributed by atoms with Crippen LogP contribution in [0.3, 0.4) is 0 Å². The largest absolute Gasteiger partial charge is 0.481 e. The van der Waals surface area contributed by atoms with Gasteiger partial charge in [-0.15, -0.1) is 0 Å². The Morgan fingerprint density at radius 3 is 2.48 bits per heavy atom. The molecule has 0 spiro atoms. The number of benzene rings is 2. The Bertz CT molecular complexity index is 2220. The molecular weight excluding hydrogens is 712 g/mol. The van der Waals surface area contributed by atoms with Crippen LogP contribution in [0.4, 0.5) is 4.39 Å². The summed E-state index contributed by atoms with van der Waals surface area (Å²) in [4.78, 5) is 44.7. The molecule has 6 N–H and O–H groups in total. The number of ether oxygens (including phenoxy) is 1. The van der Waals surface area contributed by atoms with E-state index in [1.54, 1.807) is 30.5 Å². The third kappa shape index (κ3) is 8.09. The van der Waals surface area contributed by atoms with Crippen LogP contribution >= 0.6 is 23.2 Å². The highest BCUT2D eigenvalue weighted by Gasteiger charge is 2.22. The van der Waals surface area contributed by atoms with Crippen LogP contribution in [0.5, 0.6) is 5.88 Å². The topological polar surface area (TPSA) is 173 Å². The summed E-state index contributed by atoms with van der Waals surface area (Å²) in [6.45, 7) is 0.873. The smallest absolute Gasteiger partial charge is 0.262 e. The number of aliphatic hydroxyl groups excluding tert-OH is 1. The number of carbonyl (C=O) groups excluding carboxylic acids is 2. The van der Waals surface area contributed by atoms with Gasteiger partial charge in [0.1, 0.15) is 11.5 Å². The van der Waals surface area contributed by atoms with E-state index in [9.17, 15) is 19.5 Å². The fourth-order valence-electron chi connectivity index (χ4n) is 6.17. The van der Waals surface area contributed by atoms with Crippen molar-refractivity contribution in [2.75, 3.05) is 20.2 Å². The first-order valence-electron chi connectivity index (χ1n) is 16.5. The Balaban J connectivity index is 1.24. The maximum Gasteiger partial charge on any atom is 0.262 e. The molecule has 0 aliphatic carbocycles. The van der Waals surface area contributed by atoms with Crippen LogP contribution in [-0.2, 0) is 22.7 Å². The standard InChI is InChI=1S/C37H36Cl2FN7O5/c1-52-36-28(19-43-17-22-8-9-33(50)45-22)29(40)14-30(46-36)27-7-3-6-26(35(27)39)25-5-2-4-24(34(25)38)20-10-11-47-32(12-20)44-16-21(37(47)51)15-42-18-23(48)13-31(41)49/h2-7,10-12,14,16,22-23,42-43,48H,8-9,13,15,17-19H2,1H3,(H2,41,49)(H,45,50)/t22-,23?/m1/s1. The molecule has 52 heavy (non-hydrogen) atoms. The van der Waals surface area contributed by atoms with Crippen LogP contribution in [0, 0.1) is 5.82 Å². The van der Waals surface area contributed by atoms with Gasteiger partial charge in [-0.1, -0.05) is 59.6 Å². The van der Waals surface area contributed by atoms with Crippen LogP contribution in [0.15, 0.2) is 71.8 Å². The zero-order valence-electron chi connectivity index (χ0n) is 28.1. The molecule has 2 aromatic carbocycles. The lowest BCUT2D eigenvalue weighted by Gasteiger charge is -2.16. The SMILES string of the molecule is COc1nc(-c2cccc(-c3cccc(-c4ccn5c(=O)c(CNCC(O)CC(N)=O)cnc5c4)c3Cl)c2Cl)cc(F)c1CNC[C@H]1CCC(=O)N1. The lowest BCUT2D eigenvalue weighted by atomic mass is 9.97. The molecule has 1 fully saturated rings. The fourth-order valence-corrected chi connectivity index (χ4v) is 6.83. The van der Waals surface area contributed by atoms with Gasteiger partial charge in [0.2, 0.25) is 17.7 Å². The fraction of sp³-hybridized carbons (Fsp3) is 0.270. The maximum atomic E-state index is 15.5. The van der Waals surface area contributed by atoms with Crippen molar-refractivity contribution in [1.82, 2.24) is 30.3 Å². The van der Waals surface area contributed by atoms with Gasteiger partial charge >= 0.3 is 0 Å². The third-order valence-electron chi connectivity index (χ3n) is 8.79. The highest BCUT2D eigenvalue weighted by Crippen LogP contribution is 2.42. The molecule has 5 aromatic rings. The normalized spacial score (nSPS) is 14.8. The van der Waals surface area contributed by atoms with Crippen molar-refractivity contribution < 1.29 is 23.8 Å². The number of aromatic nitrogens is 3. The van der Waals surface area contributed by atoms with Crippen molar-refractivity contribution in [3.05, 3.63) is 104 Å². The minimum atomic E-state index is -0.961. The second-order valence-corrected chi connectivity index (χ2v) is 13.2. The van der Waals surface area contributed by atoms with Gasteiger partial charge < -0.3 is 31.5 Å². The molecule has 1 aliphatic heterocycles. The molecule has 1 aliphatic rings. The van der Waals surface area contributed by atoms with Crippen molar-refractivity contribution in [3.8, 4) is 39.4 Å². The molecular formula is C37H36Cl2FN7O5. The van der Waals surface area contributed by atoms with Crippen molar-refractivity contribution in [2.24, 2.45) is 5.73 Å². The number of methoxy groups -OCH3 is 1. The number of rotatable bonds is 14. The van der Waals surface area contributed by atoms with Gasteiger partial charge in [-0.2, -0.15) is 0 Å². The predicted octanol–water partition coefficient (Wildman–Crippen LogP) is 4.24. The molecule has 3 aromatic heterocycles. The number of aliphatic hydroxyl groups is 1. The minimum Gasteiger partial charge on any atom is -0.481 e. The number of nitrogens with zero attached hydrogens (tertiary/aromatic N) is 3. The number of hydrogen-bond donors (Lipinski definition) is 5. The highest BCUT2D eigenvalue weighted by atomic mass is 35.5. The second kappa shape index (κ2) is 16.2. The molecule has 15 heteroatoms. The number of primary amides is 1. The molecule has 270 valence electrons. The number of pyridine rings is 2. The zero-order valence-corrected chi connectivity index (χ0v) is 29.6. The van der Waals surface area contributed by atoms with Crippen molar-refractivity contribution >= 4 is 40.7 Å². The summed E-state index contributed by atoms with van der Waals surface area (Å²) < 4.78 is 22.4. The summed E-state index contributed by atoms with van der Waals surface area (Å²) in [5.74, 6) is -1.00. The van der Waals surface area contributed by atoms with Gasteiger partial charge in [0.05, 0.1) is 40.9 Å². The van der Waals surface area contributed by atoms with Crippen molar-refractivity contribution in [2.45, 2.75) is 44.5 Å². The van der Waals surface area contributed by atoms with Gasteiger partial charge in [-0.3, -0.25) is 18.8 Å². The van der Waals surface area contributed by atoms with E-state index >= 15 is 4.39 Å². The molecule has 4 heterocycles. The molecule has 2 atom stereocenters. The molecule has 6 rings (SSSR count). The molecule has 12 nitrogen and oxygen atoms in total. The van der Waals surface area contributed by atoms with Gasteiger partial charge in [0, 0.05) is 84.9 Å². The zero-order chi connectivity index (χ0) is 36.9. The van der Waals surface area contributed by atoms with E-state index in [1.807, 2.05) is 24.3 Å². The Kier molecular flexibility index (Phi) is 11.5. The van der Waals surface area contributed by atoms with Gasteiger partial charge in [-0.05, 0) is 24.1 Å². The lowest BCUT2D eigenvalue weighted by molar-refractivity contribution is -0.120. The maximum absolute atomic E-state index is 15.5. The Labute approximate surface area is 308 Å². The number of fused-ring (bicyclic) bond motifs is 1. The first kappa shape index (κ1) is 36.9. The minimum absolute atomic E-state index is 0.00512. The van der Waals surface area contributed by atoms with E-state index in [2.05, 4.69) is 25.9 Å². The average molecular weight is 749 g/mol. The average Bonchev–Trinajstić information content (AvgIpc) is 3.54. The van der Waals surface area contributed by atoms with Crippen LogP contribution in [0.25, 0.3) is 39.2 Å². The first-order chi connectivity index (χ1) is 25.0. The van der Waals surface area contributed by atoms with E-state index in [0.717, 1.165) is 6.42 Å². The molecule has 0 bridgehead atoms. The number of amides is 2. The number of carbonyl (C=O) groups is 2. The Hall–Kier alpha value is -4.92.